The third kappa shape index (κ3) is 2.66. The lowest BCUT2D eigenvalue weighted by Crippen LogP contribution is -2.36. The van der Waals surface area contributed by atoms with Gasteiger partial charge in [-0.2, -0.15) is 5.26 Å². The van der Waals surface area contributed by atoms with Crippen LogP contribution < -0.4 is 11.1 Å². The fourth-order valence-corrected chi connectivity index (χ4v) is 2.11. The molecule has 0 aromatic carbocycles. The van der Waals surface area contributed by atoms with Gasteiger partial charge in [-0.1, -0.05) is 12.8 Å². The maximum absolute atomic E-state index is 9.83. The molecule has 0 spiro atoms. The van der Waals surface area contributed by atoms with E-state index in [-0.39, 0.29) is 17.8 Å². The lowest BCUT2D eigenvalue weighted by Gasteiger charge is -2.28. The summed E-state index contributed by atoms with van der Waals surface area (Å²) in [7, 11) is 0. The second-order valence-electron chi connectivity index (χ2n) is 4.35. The molecule has 0 aliphatic heterocycles. The number of pyridine rings is 1. The standard InChI is InChI=1S/C12H16N4O/c13-7-10-8(14)5-6-12(16-10)15-9-3-1-2-4-11(9)17/h5-6,9,11,17H,1-4,14H2,(H,15,16). The number of rotatable bonds is 2. The minimum atomic E-state index is -0.339. The van der Waals surface area contributed by atoms with Gasteiger partial charge in [0, 0.05) is 0 Å². The first-order valence-corrected chi connectivity index (χ1v) is 5.82. The number of anilines is 2. The smallest absolute Gasteiger partial charge is 0.165 e. The van der Waals surface area contributed by atoms with E-state index < -0.39 is 0 Å². The molecule has 1 aromatic heterocycles. The first kappa shape index (κ1) is 11.7. The van der Waals surface area contributed by atoms with E-state index in [0.717, 1.165) is 25.7 Å². The van der Waals surface area contributed by atoms with Crippen LogP contribution in [0.5, 0.6) is 0 Å². The van der Waals surface area contributed by atoms with Crippen LogP contribution in [-0.2, 0) is 0 Å². The largest absolute Gasteiger partial charge is 0.396 e. The molecule has 90 valence electrons. The molecule has 0 amide bonds. The van der Waals surface area contributed by atoms with Gasteiger partial charge >= 0.3 is 0 Å². The number of nitrogens with one attached hydrogen (secondary N) is 1. The van der Waals surface area contributed by atoms with E-state index in [1.165, 1.54) is 0 Å². The van der Waals surface area contributed by atoms with Crippen molar-refractivity contribution in [3.63, 3.8) is 0 Å². The van der Waals surface area contributed by atoms with Crippen molar-refractivity contribution in [3.05, 3.63) is 17.8 Å². The monoisotopic (exact) mass is 232 g/mol. The number of hydrogen-bond acceptors (Lipinski definition) is 5. The first-order chi connectivity index (χ1) is 8.20. The topological polar surface area (TPSA) is 95.0 Å². The number of nitriles is 1. The molecule has 17 heavy (non-hydrogen) atoms. The molecule has 0 bridgehead atoms. The lowest BCUT2D eigenvalue weighted by molar-refractivity contribution is 0.116. The Balaban J connectivity index is 2.10. The summed E-state index contributed by atoms with van der Waals surface area (Å²) in [5.41, 5.74) is 6.20. The maximum atomic E-state index is 9.83. The van der Waals surface area contributed by atoms with Crippen LogP contribution in [0, 0.1) is 11.3 Å². The van der Waals surface area contributed by atoms with E-state index in [9.17, 15) is 5.11 Å². The molecule has 1 saturated carbocycles. The second kappa shape index (κ2) is 5.02. The Morgan fingerprint density at radius 2 is 2.18 bits per heavy atom. The van der Waals surface area contributed by atoms with Gasteiger partial charge in [0.15, 0.2) is 5.69 Å². The summed E-state index contributed by atoms with van der Waals surface area (Å²) in [6.07, 6.45) is 3.58. The minimum Gasteiger partial charge on any atom is -0.396 e. The molecule has 1 heterocycles. The zero-order chi connectivity index (χ0) is 12.3. The van der Waals surface area contributed by atoms with Crippen LogP contribution in [0.3, 0.4) is 0 Å². The van der Waals surface area contributed by atoms with E-state index in [2.05, 4.69) is 10.3 Å². The number of hydrogen-bond donors (Lipinski definition) is 3. The van der Waals surface area contributed by atoms with E-state index in [1.807, 2.05) is 6.07 Å². The number of nitrogens with two attached hydrogens (primary N) is 1. The Morgan fingerprint density at radius 1 is 1.41 bits per heavy atom. The molecule has 5 heteroatoms. The van der Waals surface area contributed by atoms with Crippen LogP contribution in [0.4, 0.5) is 11.5 Å². The Hall–Kier alpha value is -1.80. The number of nitrogens with zero attached hydrogens (tertiary/aromatic N) is 2. The summed E-state index contributed by atoms with van der Waals surface area (Å²) in [5, 5.41) is 21.8. The molecule has 1 fully saturated rings. The highest BCUT2D eigenvalue weighted by Crippen LogP contribution is 2.22. The van der Waals surface area contributed by atoms with Crippen molar-refractivity contribution < 1.29 is 5.11 Å². The van der Waals surface area contributed by atoms with Crippen molar-refractivity contribution in [2.24, 2.45) is 0 Å². The summed E-state index contributed by atoms with van der Waals surface area (Å²) in [5.74, 6) is 0.599. The van der Waals surface area contributed by atoms with E-state index in [1.54, 1.807) is 12.1 Å². The van der Waals surface area contributed by atoms with E-state index in [0.29, 0.717) is 11.5 Å². The average Bonchev–Trinajstić information content (AvgIpc) is 2.34. The Bertz CT molecular complexity index is 441. The van der Waals surface area contributed by atoms with Gasteiger partial charge in [-0.25, -0.2) is 4.98 Å². The van der Waals surface area contributed by atoms with Crippen molar-refractivity contribution in [2.75, 3.05) is 11.1 Å². The summed E-state index contributed by atoms with van der Waals surface area (Å²) >= 11 is 0. The van der Waals surface area contributed by atoms with Gasteiger partial charge in [-0.15, -0.1) is 0 Å². The Labute approximate surface area is 100 Å². The summed E-state index contributed by atoms with van der Waals surface area (Å²) in [4.78, 5) is 4.11. The molecule has 0 radical (unpaired) electrons. The zero-order valence-electron chi connectivity index (χ0n) is 9.56. The third-order valence-electron chi connectivity index (χ3n) is 3.10. The van der Waals surface area contributed by atoms with Gasteiger partial charge in [0.1, 0.15) is 11.9 Å². The maximum Gasteiger partial charge on any atom is 0.165 e. The molecule has 2 atom stereocenters. The number of nitrogen functional groups attached to an aromatic ring is 1. The predicted molar refractivity (Wildman–Crippen MR) is 65.2 cm³/mol. The molecule has 0 saturated heterocycles. The molecular formula is C12H16N4O. The average molecular weight is 232 g/mol. The normalized spacial score (nSPS) is 24.0. The van der Waals surface area contributed by atoms with Gasteiger partial charge in [0.25, 0.3) is 0 Å². The Morgan fingerprint density at radius 3 is 2.88 bits per heavy atom. The van der Waals surface area contributed by atoms with Crippen molar-refractivity contribution in [2.45, 2.75) is 37.8 Å². The number of aliphatic hydroxyl groups excluding tert-OH is 1. The van der Waals surface area contributed by atoms with Crippen molar-refractivity contribution >= 4 is 11.5 Å². The highest BCUT2D eigenvalue weighted by Gasteiger charge is 2.23. The molecular weight excluding hydrogens is 216 g/mol. The lowest BCUT2D eigenvalue weighted by atomic mass is 9.92. The van der Waals surface area contributed by atoms with Crippen LogP contribution in [0.1, 0.15) is 31.4 Å². The van der Waals surface area contributed by atoms with Gasteiger partial charge in [-0.05, 0) is 25.0 Å². The highest BCUT2D eigenvalue weighted by molar-refractivity contribution is 5.54. The fraction of sp³-hybridized carbons (Fsp3) is 0.500. The van der Waals surface area contributed by atoms with Gasteiger partial charge in [0.2, 0.25) is 0 Å². The van der Waals surface area contributed by atoms with Crippen molar-refractivity contribution in [3.8, 4) is 6.07 Å². The predicted octanol–water partition coefficient (Wildman–Crippen LogP) is 1.25. The van der Waals surface area contributed by atoms with Crippen LogP contribution >= 0.6 is 0 Å². The summed E-state index contributed by atoms with van der Waals surface area (Å²) < 4.78 is 0. The van der Waals surface area contributed by atoms with Gasteiger partial charge in [0.05, 0.1) is 17.8 Å². The van der Waals surface area contributed by atoms with Gasteiger partial charge < -0.3 is 16.2 Å². The number of aliphatic hydroxyl groups is 1. The molecule has 2 unspecified atom stereocenters. The second-order valence-corrected chi connectivity index (χ2v) is 4.35. The third-order valence-corrected chi connectivity index (χ3v) is 3.10. The van der Waals surface area contributed by atoms with Crippen LogP contribution in [0.25, 0.3) is 0 Å². The quantitative estimate of drug-likeness (QED) is 0.713. The fourth-order valence-electron chi connectivity index (χ4n) is 2.11. The molecule has 1 aliphatic rings. The zero-order valence-corrected chi connectivity index (χ0v) is 9.56. The SMILES string of the molecule is N#Cc1nc(NC2CCCCC2O)ccc1N. The summed E-state index contributed by atoms with van der Waals surface area (Å²) in [6.45, 7) is 0. The molecule has 4 N–H and O–H groups in total. The molecule has 1 aromatic rings. The highest BCUT2D eigenvalue weighted by atomic mass is 16.3. The minimum absolute atomic E-state index is 0.0198. The molecule has 1 aliphatic carbocycles. The van der Waals surface area contributed by atoms with Gasteiger partial charge in [-0.3, -0.25) is 0 Å². The Kier molecular flexibility index (Phi) is 3.45. The molecule has 2 rings (SSSR count). The first-order valence-electron chi connectivity index (χ1n) is 5.82. The van der Waals surface area contributed by atoms with Crippen molar-refractivity contribution in [1.82, 2.24) is 4.98 Å². The van der Waals surface area contributed by atoms with E-state index >= 15 is 0 Å². The molecule has 5 nitrogen and oxygen atoms in total. The van der Waals surface area contributed by atoms with Crippen LogP contribution in [0.2, 0.25) is 0 Å². The van der Waals surface area contributed by atoms with E-state index in [4.69, 9.17) is 11.0 Å². The summed E-state index contributed by atoms with van der Waals surface area (Å²) in [6, 6.07) is 5.35. The number of aromatic nitrogens is 1. The van der Waals surface area contributed by atoms with Crippen LogP contribution in [0.15, 0.2) is 12.1 Å². The van der Waals surface area contributed by atoms with Crippen LogP contribution in [-0.4, -0.2) is 22.2 Å². The van der Waals surface area contributed by atoms with Crippen molar-refractivity contribution in [1.29, 1.82) is 5.26 Å².